The Morgan fingerprint density at radius 3 is 2.62 bits per heavy atom. The van der Waals surface area contributed by atoms with Crippen molar-refractivity contribution in [1.82, 2.24) is 10.6 Å². The predicted molar refractivity (Wildman–Crippen MR) is 108 cm³/mol. The zero-order valence-electron chi connectivity index (χ0n) is 15.1. The van der Waals surface area contributed by atoms with E-state index >= 15 is 0 Å². The van der Waals surface area contributed by atoms with Crippen LogP contribution in [0.25, 0.3) is 0 Å². The van der Waals surface area contributed by atoms with Crippen molar-refractivity contribution in [2.45, 2.75) is 51.9 Å². The summed E-state index contributed by atoms with van der Waals surface area (Å²) in [5.41, 5.74) is 0. The van der Waals surface area contributed by atoms with Crippen molar-refractivity contribution in [3.63, 3.8) is 0 Å². The molecule has 0 heterocycles. The molecule has 0 amide bonds. The molecule has 1 rings (SSSR count). The van der Waals surface area contributed by atoms with Crippen molar-refractivity contribution in [2.75, 3.05) is 40.0 Å². The molecule has 0 aromatic heterocycles. The minimum atomic E-state index is -0.128. The number of esters is 1. The summed E-state index contributed by atoms with van der Waals surface area (Å²) in [5.74, 6) is 1.57. The van der Waals surface area contributed by atoms with Gasteiger partial charge in [0.1, 0.15) is 0 Å². The maximum absolute atomic E-state index is 11.0. The Hall–Kier alpha value is -0.570. The van der Waals surface area contributed by atoms with Gasteiger partial charge in [0, 0.05) is 39.3 Å². The molecule has 1 saturated carbocycles. The van der Waals surface area contributed by atoms with Gasteiger partial charge >= 0.3 is 5.97 Å². The summed E-state index contributed by atoms with van der Waals surface area (Å²) in [6.07, 6.45) is 7.05. The van der Waals surface area contributed by atoms with E-state index in [1.807, 2.05) is 0 Å². The van der Waals surface area contributed by atoms with Gasteiger partial charge in [-0.05, 0) is 44.9 Å². The van der Waals surface area contributed by atoms with E-state index in [1.54, 1.807) is 0 Å². The minimum Gasteiger partial charge on any atom is -0.469 e. The Kier molecular flexibility index (Phi) is 15.6. The van der Waals surface area contributed by atoms with E-state index in [-0.39, 0.29) is 29.9 Å². The van der Waals surface area contributed by atoms with E-state index in [9.17, 15) is 4.79 Å². The number of carbonyl (C=O) groups excluding carboxylic acids is 1. The fourth-order valence-electron chi connectivity index (χ4n) is 2.11. The van der Waals surface area contributed by atoms with Crippen molar-refractivity contribution in [1.29, 1.82) is 0 Å². The molecule has 0 atom stereocenters. The van der Waals surface area contributed by atoms with E-state index in [0.29, 0.717) is 6.42 Å². The molecule has 0 aliphatic heterocycles. The number of methoxy groups -OCH3 is 1. The normalized spacial score (nSPS) is 14.0. The standard InChI is InChI=1S/C17H33N3O3.HI/c1-3-18-17(19-11-6-4-5-8-16(21)22-2)20-12-7-13-23-14-15-9-10-15;/h15H,3-14H2,1-2H3,(H2,18,19,20);1H. The van der Waals surface area contributed by atoms with Gasteiger partial charge in [-0.15, -0.1) is 24.0 Å². The molecule has 0 bridgehead atoms. The summed E-state index contributed by atoms with van der Waals surface area (Å²) < 4.78 is 10.2. The first-order valence-corrected chi connectivity index (χ1v) is 8.93. The number of hydrogen-bond acceptors (Lipinski definition) is 4. The quantitative estimate of drug-likeness (QED) is 0.147. The maximum Gasteiger partial charge on any atom is 0.305 e. The van der Waals surface area contributed by atoms with Crippen LogP contribution in [-0.4, -0.2) is 51.9 Å². The number of nitrogens with zero attached hydrogens (tertiary/aromatic N) is 1. The van der Waals surface area contributed by atoms with Crippen LogP contribution in [0.2, 0.25) is 0 Å². The number of guanidine groups is 1. The molecule has 1 fully saturated rings. The summed E-state index contributed by atoms with van der Waals surface area (Å²) >= 11 is 0. The molecule has 2 N–H and O–H groups in total. The van der Waals surface area contributed by atoms with Crippen LogP contribution in [0.4, 0.5) is 0 Å². The lowest BCUT2D eigenvalue weighted by molar-refractivity contribution is -0.140. The van der Waals surface area contributed by atoms with Crippen LogP contribution in [-0.2, 0) is 14.3 Å². The van der Waals surface area contributed by atoms with Crippen molar-refractivity contribution in [3.8, 4) is 0 Å². The fraction of sp³-hybridized carbons (Fsp3) is 0.882. The lowest BCUT2D eigenvalue weighted by Gasteiger charge is -2.11. The molecule has 142 valence electrons. The van der Waals surface area contributed by atoms with Crippen LogP contribution < -0.4 is 10.6 Å². The number of ether oxygens (including phenoxy) is 2. The van der Waals surface area contributed by atoms with Crippen molar-refractivity contribution < 1.29 is 14.3 Å². The second-order valence-electron chi connectivity index (χ2n) is 5.95. The van der Waals surface area contributed by atoms with E-state index in [2.05, 4.69) is 27.3 Å². The summed E-state index contributed by atoms with van der Waals surface area (Å²) in [7, 11) is 1.43. The average molecular weight is 455 g/mol. The van der Waals surface area contributed by atoms with E-state index in [1.165, 1.54) is 20.0 Å². The van der Waals surface area contributed by atoms with Gasteiger partial charge in [0.2, 0.25) is 0 Å². The molecular weight excluding hydrogens is 421 g/mol. The summed E-state index contributed by atoms with van der Waals surface area (Å²) in [5, 5.41) is 6.57. The van der Waals surface area contributed by atoms with E-state index in [4.69, 9.17) is 4.74 Å². The molecule has 1 aliphatic rings. The highest BCUT2D eigenvalue weighted by molar-refractivity contribution is 14.0. The predicted octanol–water partition coefficient (Wildman–Crippen LogP) is 2.71. The van der Waals surface area contributed by atoms with Gasteiger partial charge in [0.05, 0.1) is 7.11 Å². The van der Waals surface area contributed by atoms with Crippen LogP contribution in [0.1, 0.15) is 51.9 Å². The van der Waals surface area contributed by atoms with Crippen molar-refractivity contribution in [2.24, 2.45) is 10.9 Å². The highest BCUT2D eigenvalue weighted by Gasteiger charge is 2.20. The molecule has 24 heavy (non-hydrogen) atoms. The van der Waals surface area contributed by atoms with Gasteiger partial charge in [0.15, 0.2) is 5.96 Å². The first-order chi connectivity index (χ1) is 11.3. The minimum absolute atomic E-state index is 0. The first-order valence-electron chi connectivity index (χ1n) is 8.93. The highest BCUT2D eigenvalue weighted by Crippen LogP contribution is 2.28. The Labute approximate surface area is 163 Å². The molecule has 0 radical (unpaired) electrons. The number of unbranched alkanes of at least 4 members (excludes halogenated alkanes) is 2. The van der Waals surface area contributed by atoms with Gasteiger partial charge in [-0.2, -0.15) is 0 Å². The van der Waals surface area contributed by atoms with E-state index in [0.717, 1.165) is 70.4 Å². The molecule has 7 heteroatoms. The van der Waals surface area contributed by atoms with Crippen LogP contribution in [0.15, 0.2) is 4.99 Å². The van der Waals surface area contributed by atoms with Crippen molar-refractivity contribution >= 4 is 35.9 Å². The van der Waals surface area contributed by atoms with Gasteiger partial charge in [-0.25, -0.2) is 0 Å². The Morgan fingerprint density at radius 1 is 1.17 bits per heavy atom. The molecular formula is C17H34IN3O3. The molecule has 0 saturated heterocycles. The number of hydrogen-bond donors (Lipinski definition) is 2. The maximum atomic E-state index is 11.0. The zero-order chi connectivity index (χ0) is 16.8. The number of nitrogens with one attached hydrogen (secondary N) is 2. The van der Waals surface area contributed by atoms with E-state index < -0.39 is 0 Å². The molecule has 6 nitrogen and oxygen atoms in total. The number of halogens is 1. The second-order valence-corrected chi connectivity index (χ2v) is 5.95. The molecule has 0 spiro atoms. The van der Waals surface area contributed by atoms with Crippen molar-refractivity contribution in [3.05, 3.63) is 0 Å². The highest BCUT2D eigenvalue weighted by atomic mass is 127. The van der Waals surface area contributed by atoms with Crippen LogP contribution in [0.3, 0.4) is 0 Å². The van der Waals surface area contributed by atoms with Gasteiger partial charge in [-0.1, -0.05) is 6.42 Å². The Morgan fingerprint density at radius 2 is 1.96 bits per heavy atom. The first kappa shape index (κ1) is 23.4. The smallest absolute Gasteiger partial charge is 0.305 e. The fourth-order valence-corrected chi connectivity index (χ4v) is 2.11. The second kappa shape index (κ2) is 15.9. The number of aliphatic imine (C=N–C) groups is 1. The third kappa shape index (κ3) is 13.8. The number of rotatable bonds is 13. The molecule has 0 aromatic carbocycles. The Bertz CT molecular complexity index is 350. The number of carbonyl (C=O) groups is 1. The van der Waals surface area contributed by atoms with Crippen LogP contribution >= 0.6 is 24.0 Å². The summed E-state index contributed by atoms with van der Waals surface area (Å²) in [6, 6.07) is 0. The van der Waals surface area contributed by atoms with Crippen LogP contribution in [0, 0.1) is 5.92 Å². The largest absolute Gasteiger partial charge is 0.469 e. The monoisotopic (exact) mass is 455 g/mol. The molecule has 0 aromatic rings. The molecule has 1 aliphatic carbocycles. The average Bonchev–Trinajstić information content (AvgIpc) is 3.37. The van der Waals surface area contributed by atoms with Crippen LogP contribution in [0.5, 0.6) is 0 Å². The summed E-state index contributed by atoms with van der Waals surface area (Å²) in [6.45, 7) is 6.28. The van der Waals surface area contributed by atoms with Gasteiger partial charge in [0.25, 0.3) is 0 Å². The molecule has 0 unspecified atom stereocenters. The lowest BCUT2D eigenvalue weighted by atomic mass is 10.2. The Balaban J connectivity index is 0.00000529. The SMILES string of the molecule is CCNC(=NCCCOCC1CC1)NCCCCCC(=O)OC.I. The van der Waals surface area contributed by atoms with Gasteiger partial charge < -0.3 is 20.1 Å². The van der Waals surface area contributed by atoms with Gasteiger partial charge in [-0.3, -0.25) is 9.79 Å². The zero-order valence-corrected chi connectivity index (χ0v) is 17.5. The lowest BCUT2D eigenvalue weighted by Crippen LogP contribution is -2.37. The topological polar surface area (TPSA) is 72.0 Å². The summed E-state index contributed by atoms with van der Waals surface area (Å²) in [4.78, 5) is 15.5. The third-order valence-electron chi connectivity index (χ3n) is 3.69. The third-order valence-corrected chi connectivity index (χ3v) is 3.69.